The Labute approximate surface area is 237 Å². The third-order valence-electron chi connectivity index (χ3n) is 6.62. The molecule has 2 amide bonds. The first-order valence-electron chi connectivity index (χ1n) is 13.1. The van der Waals surface area contributed by atoms with E-state index in [4.69, 9.17) is 16.6 Å². The Hall–Kier alpha value is -4.28. The number of carbonyl (C=O) groups is 2. The highest BCUT2D eigenvalue weighted by Crippen LogP contribution is 2.32. The maximum Gasteiger partial charge on any atom is 0.272 e. The summed E-state index contributed by atoms with van der Waals surface area (Å²) < 4.78 is 0. The van der Waals surface area contributed by atoms with E-state index in [0.717, 1.165) is 29.3 Å². The van der Waals surface area contributed by atoms with Crippen molar-refractivity contribution < 1.29 is 9.59 Å². The molecular weight excluding hydrogens is 528 g/mol. The summed E-state index contributed by atoms with van der Waals surface area (Å²) in [4.78, 5) is 45.7. The number of hydrogen-bond donors (Lipinski definition) is 3. The van der Waals surface area contributed by atoms with Gasteiger partial charge >= 0.3 is 0 Å². The van der Waals surface area contributed by atoms with Gasteiger partial charge < -0.3 is 25.4 Å². The predicted molar refractivity (Wildman–Crippen MR) is 157 cm³/mol. The summed E-state index contributed by atoms with van der Waals surface area (Å²) in [5.74, 6) is 0.0542. The Balaban J connectivity index is 1.22. The van der Waals surface area contributed by atoms with Crippen molar-refractivity contribution >= 4 is 46.0 Å². The van der Waals surface area contributed by atoms with Crippen molar-refractivity contribution in [2.45, 2.75) is 18.9 Å². The molecule has 1 atom stereocenters. The lowest BCUT2D eigenvalue weighted by Crippen LogP contribution is -2.45. The van der Waals surface area contributed by atoms with Crippen molar-refractivity contribution in [3.63, 3.8) is 0 Å². The minimum Gasteiger partial charge on any atom is -0.360 e. The number of rotatable bonds is 8. The van der Waals surface area contributed by atoms with Crippen LogP contribution in [0, 0.1) is 0 Å². The van der Waals surface area contributed by atoms with E-state index in [1.165, 1.54) is 12.3 Å². The van der Waals surface area contributed by atoms with Gasteiger partial charge in [-0.2, -0.15) is 0 Å². The molecule has 0 radical (unpaired) electrons. The Morgan fingerprint density at radius 1 is 1.18 bits per heavy atom. The SMILES string of the molecule is CN(C)C/C=C/C(=O)Nc1ccc(C(=O)N2CCCC(Nc3ncc(Cl)c(-c4c[nH]c5ccccc45)n3)C2)nc1. The number of aromatic nitrogens is 4. The highest BCUT2D eigenvalue weighted by atomic mass is 35.5. The van der Waals surface area contributed by atoms with Crippen molar-refractivity contribution in [3.05, 3.63) is 77.9 Å². The zero-order valence-corrected chi connectivity index (χ0v) is 23.2. The molecule has 206 valence electrons. The van der Waals surface area contributed by atoms with Crippen LogP contribution >= 0.6 is 11.6 Å². The number of amides is 2. The van der Waals surface area contributed by atoms with Crippen LogP contribution in [0.4, 0.5) is 11.6 Å². The molecule has 3 N–H and O–H groups in total. The minimum atomic E-state index is -0.245. The minimum absolute atomic E-state index is 0.0257. The van der Waals surface area contributed by atoms with Gasteiger partial charge in [0.15, 0.2) is 0 Å². The maximum atomic E-state index is 13.2. The van der Waals surface area contributed by atoms with Crippen molar-refractivity contribution in [1.82, 2.24) is 29.7 Å². The van der Waals surface area contributed by atoms with E-state index in [2.05, 4.69) is 25.6 Å². The summed E-state index contributed by atoms with van der Waals surface area (Å²) in [6.07, 6.45) is 9.96. The molecule has 4 aromatic rings. The molecule has 0 aliphatic carbocycles. The van der Waals surface area contributed by atoms with E-state index in [0.29, 0.717) is 47.7 Å². The van der Waals surface area contributed by atoms with Gasteiger partial charge in [0.1, 0.15) is 5.69 Å². The van der Waals surface area contributed by atoms with Crippen LogP contribution in [-0.4, -0.2) is 81.3 Å². The Morgan fingerprint density at radius 3 is 2.83 bits per heavy atom. The number of para-hydroxylation sites is 1. The molecule has 1 unspecified atom stereocenters. The number of likely N-dealkylation sites (tertiary alicyclic amines) is 1. The number of anilines is 2. The summed E-state index contributed by atoms with van der Waals surface area (Å²) in [7, 11) is 3.85. The topological polar surface area (TPSA) is 119 Å². The van der Waals surface area contributed by atoms with Crippen molar-refractivity contribution in [3.8, 4) is 11.3 Å². The van der Waals surface area contributed by atoms with Crippen LogP contribution in [0.2, 0.25) is 5.02 Å². The Morgan fingerprint density at radius 2 is 2.02 bits per heavy atom. The van der Waals surface area contributed by atoms with Crippen LogP contribution in [0.1, 0.15) is 23.3 Å². The number of H-pyrrole nitrogens is 1. The molecule has 1 fully saturated rings. The second kappa shape index (κ2) is 12.3. The van der Waals surface area contributed by atoms with Crippen molar-refractivity contribution in [2.24, 2.45) is 0 Å². The fraction of sp³-hybridized carbons (Fsp3) is 0.276. The van der Waals surface area contributed by atoms with E-state index >= 15 is 0 Å². The number of piperidine rings is 1. The number of fused-ring (bicyclic) bond motifs is 1. The molecule has 1 aliphatic heterocycles. The van der Waals surface area contributed by atoms with E-state index in [9.17, 15) is 9.59 Å². The quantitative estimate of drug-likeness (QED) is 0.273. The fourth-order valence-corrected chi connectivity index (χ4v) is 4.86. The number of hydrogen-bond acceptors (Lipinski definition) is 7. The molecule has 4 heterocycles. The average Bonchev–Trinajstić information content (AvgIpc) is 3.38. The third kappa shape index (κ3) is 6.47. The number of carbonyl (C=O) groups excluding carboxylic acids is 2. The lowest BCUT2D eigenvalue weighted by Gasteiger charge is -2.33. The zero-order valence-electron chi connectivity index (χ0n) is 22.4. The van der Waals surface area contributed by atoms with Crippen LogP contribution < -0.4 is 10.6 Å². The van der Waals surface area contributed by atoms with E-state index < -0.39 is 0 Å². The number of nitrogens with zero attached hydrogens (tertiary/aromatic N) is 5. The highest BCUT2D eigenvalue weighted by Gasteiger charge is 2.26. The molecule has 1 saturated heterocycles. The molecule has 0 spiro atoms. The van der Waals surface area contributed by atoms with Gasteiger partial charge in [-0.3, -0.25) is 9.59 Å². The lowest BCUT2D eigenvalue weighted by molar-refractivity contribution is -0.111. The van der Waals surface area contributed by atoms with Crippen LogP contribution in [0.25, 0.3) is 22.2 Å². The molecule has 1 aliphatic rings. The first-order valence-corrected chi connectivity index (χ1v) is 13.5. The largest absolute Gasteiger partial charge is 0.360 e. The monoisotopic (exact) mass is 558 g/mol. The van der Waals surface area contributed by atoms with Crippen molar-refractivity contribution in [2.75, 3.05) is 44.4 Å². The summed E-state index contributed by atoms with van der Waals surface area (Å²) in [5.41, 5.74) is 3.40. The second-order valence-corrected chi connectivity index (χ2v) is 10.4. The van der Waals surface area contributed by atoms with Crippen LogP contribution in [0.3, 0.4) is 0 Å². The maximum absolute atomic E-state index is 13.2. The van der Waals surface area contributed by atoms with Crippen LogP contribution in [-0.2, 0) is 4.79 Å². The van der Waals surface area contributed by atoms with E-state index in [1.54, 1.807) is 29.3 Å². The van der Waals surface area contributed by atoms with Crippen molar-refractivity contribution in [1.29, 1.82) is 0 Å². The molecule has 3 aromatic heterocycles. The number of pyridine rings is 1. The number of aromatic amines is 1. The van der Waals surface area contributed by atoms with E-state index in [1.807, 2.05) is 49.5 Å². The zero-order chi connectivity index (χ0) is 28.1. The standard InChI is InChI=1S/C29H31ClN8O2/c1-37(2)13-6-10-26(39)34-19-11-12-25(31-15-19)28(40)38-14-5-7-20(18-38)35-29-33-17-23(30)27(36-29)22-16-32-24-9-4-3-8-21(22)24/h3-4,6,8-12,15-17,20,32H,5,7,13-14,18H2,1-2H3,(H,34,39)(H,33,35,36)/b10-6+. The van der Waals surface area contributed by atoms with Gasteiger partial charge in [-0.1, -0.05) is 35.9 Å². The third-order valence-corrected chi connectivity index (χ3v) is 6.90. The molecule has 0 bridgehead atoms. The summed E-state index contributed by atoms with van der Waals surface area (Å²) in [6, 6.07) is 11.3. The number of likely N-dealkylation sites (N-methyl/N-ethyl adjacent to an activating group) is 1. The van der Waals surface area contributed by atoms with E-state index in [-0.39, 0.29) is 17.9 Å². The fourth-order valence-electron chi connectivity index (χ4n) is 4.67. The van der Waals surface area contributed by atoms with Gasteiger partial charge in [0, 0.05) is 54.4 Å². The lowest BCUT2D eigenvalue weighted by atomic mass is 10.1. The molecule has 0 saturated carbocycles. The molecule has 11 heteroatoms. The van der Waals surface area contributed by atoms with Gasteiger partial charge in [-0.15, -0.1) is 0 Å². The van der Waals surface area contributed by atoms with Crippen LogP contribution in [0.15, 0.2) is 67.1 Å². The molecule has 10 nitrogen and oxygen atoms in total. The molecular formula is C29H31ClN8O2. The number of halogens is 1. The second-order valence-electron chi connectivity index (χ2n) is 9.96. The predicted octanol–water partition coefficient (Wildman–Crippen LogP) is 4.45. The first kappa shape index (κ1) is 27.3. The average molecular weight is 559 g/mol. The number of benzene rings is 1. The number of nitrogens with one attached hydrogen (secondary N) is 3. The summed E-state index contributed by atoms with van der Waals surface area (Å²) in [5, 5.41) is 7.64. The Bertz CT molecular complexity index is 1530. The molecule has 40 heavy (non-hydrogen) atoms. The summed E-state index contributed by atoms with van der Waals surface area (Å²) in [6.45, 7) is 1.79. The van der Waals surface area contributed by atoms with Gasteiger partial charge in [0.05, 0.1) is 28.8 Å². The highest BCUT2D eigenvalue weighted by molar-refractivity contribution is 6.33. The van der Waals surface area contributed by atoms with Gasteiger partial charge in [-0.25, -0.2) is 15.0 Å². The van der Waals surface area contributed by atoms with Gasteiger partial charge in [-0.05, 0) is 45.1 Å². The van der Waals surface area contributed by atoms with Crippen LogP contribution in [0.5, 0.6) is 0 Å². The first-order chi connectivity index (χ1) is 19.4. The molecule has 5 rings (SSSR count). The normalized spacial score (nSPS) is 15.6. The van der Waals surface area contributed by atoms with Gasteiger partial charge in [0.25, 0.3) is 5.91 Å². The Kier molecular flexibility index (Phi) is 8.37. The summed E-state index contributed by atoms with van der Waals surface area (Å²) >= 11 is 6.48. The van der Waals surface area contributed by atoms with Gasteiger partial charge in [0.2, 0.25) is 11.9 Å². The smallest absolute Gasteiger partial charge is 0.272 e. The molecule has 1 aromatic carbocycles.